The number of fused-ring (bicyclic) bond motifs is 1. The highest BCUT2D eigenvalue weighted by Gasteiger charge is 2.23. The van der Waals surface area contributed by atoms with Crippen LogP contribution < -0.4 is 10.9 Å². The highest BCUT2D eigenvalue weighted by molar-refractivity contribution is 5.76. The van der Waals surface area contributed by atoms with Crippen LogP contribution in [0, 0.1) is 0 Å². The molecule has 1 aliphatic heterocycles. The fourth-order valence-corrected chi connectivity index (χ4v) is 2.80. The molecule has 2 N–H and O–H groups in total. The number of aliphatic hydroxyl groups excluding tert-OH is 1. The van der Waals surface area contributed by atoms with E-state index in [4.69, 9.17) is 0 Å². The van der Waals surface area contributed by atoms with Crippen molar-refractivity contribution < 1.29 is 5.11 Å². The van der Waals surface area contributed by atoms with Crippen molar-refractivity contribution in [3.8, 4) is 0 Å². The molecule has 20 heavy (non-hydrogen) atoms. The van der Waals surface area contributed by atoms with Gasteiger partial charge in [0.2, 0.25) is 0 Å². The van der Waals surface area contributed by atoms with E-state index in [0.29, 0.717) is 11.9 Å². The average molecular weight is 273 g/mol. The average Bonchev–Trinajstić information content (AvgIpc) is 2.87. The van der Waals surface area contributed by atoms with E-state index in [1.807, 2.05) is 24.3 Å². The molecule has 2 atom stereocenters. The van der Waals surface area contributed by atoms with Crippen LogP contribution in [-0.2, 0) is 6.54 Å². The standard InChI is InChI=1S/C15H19N3O2/c19-14-7-8-16-13(14)6-3-9-18-10-17-12-5-2-1-4-11(12)15(18)20/h1-2,4-5,10,13-14,16,19H,3,6-9H2/t13?,14-/m0/s1. The van der Waals surface area contributed by atoms with E-state index in [2.05, 4.69) is 10.3 Å². The Kier molecular flexibility index (Phi) is 3.80. The van der Waals surface area contributed by atoms with Gasteiger partial charge in [0.05, 0.1) is 23.3 Å². The number of aliphatic hydroxyl groups is 1. The third-order valence-corrected chi connectivity index (χ3v) is 3.96. The summed E-state index contributed by atoms with van der Waals surface area (Å²) in [5, 5.41) is 13.7. The molecule has 1 aliphatic rings. The van der Waals surface area contributed by atoms with Crippen molar-refractivity contribution in [2.75, 3.05) is 6.54 Å². The van der Waals surface area contributed by atoms with Gasteiger partial charge in [0.25, 0.3) is 5.56 Å². The fourth-order valence-electron chi connectivity index (χ4n) is 2.80. The summed E-state index contributed by atoms with van der Waals surface area (Å²) in [5.74, 6) is 0. The van der Waals surface area contributed by atoms with Crippen LogP contribution in [0.2, 0.25) is 0 Å². The van der Waals surface area contributed by atoms with E-state index in [1.54, 1.807) is 10.9 Å². The first-order valence-corrected chi connectivity index (χ1v) is 7.11. The van der Waals surface area contributed by atoms with Crippen LogP contribution >= 0.6 is 0 Å². The van der Waals surface area contributed by atoms with Gasteiger partial charge in [-0.05, 0) is 37.9 Å². The first-order valence-electron chi connectivity index (χ1n) is 7.11. The number of aryl methyl sites for hydroxylation is 1. The minimum atomic E-state index is -0.249. The van der Waals surface area contributed by atoms with Crippen molar-refractivity contribution in [1.29, 1.82) is 0 Å². The molecule has 2 heterocycles. The lowest BCUT2D eigenvalue weighted by Crippen LogP contribution is -2.30. The predicted molar refractivity (Wildman–Crippen MR) is 77.7 cm³/mol. The van der Waals surface area contributed by atoms with Crippen LogP contribution in [0.15, 0.2) is 35.4 Å². The van der Waals surface area contributed by atoms with Crippen molar-refractivity contribution in [3.05, 3.63) is 40.9 Å². The maximum Gasteiger partial charge on any atom is 0.261 e. The number of aromatic nitrogens is 2. The number of hydrogen-bond acceptors (Lipinski definition) is 4. The van der Waals surface area contributed by atoms with E-state index in [1.165, 1.54) is 0 Å². The number of nitrogens with one attached hydrogen (secondary N) is 1. The molecule has 0 amide bonds. The van der Waals surface area contributed by atoms with E-state index in [-0.39, 0.29) is 17.7 Å². The van der Waals surface area contributed by atoms with Gasteiger partial charge in [-0.3, -0.25) is 9.36 Å². The largest absolute Gasteiger partial charge is 0.391 e. The Labute approximate surface area is 117 Å². The number of hydrogen-bond donors (Lipinski definition) is 2. The maximum absolute atomic E-state index is 12.3. The predicted octanol–water partition coefficient (Wildman–Crippen LogP) is 0.899. The molecule has 0 bridgehead atoms. The van der Waals surface area contributed by atoms with Crippen molar-refractivity contribution >= 4 is 10.9 Å². The number of nitrogens with zero attached hydrogens (tertiary/aromatic N) is 2. The first-order chi connectivity index (χ1) is 9.75. The highest BCUT2D eigenvalue weighted by atomic mass is 16.3. The Morgan fingerprint density at radius 3 is 3.05 bits per heavy atom. The molecular formula is C15H19N3O2. The van der Waals surface area contributed by atoms with Crippen LogP contribution in [-0.4, -0.2) is 33.3 Å². The van der Waals surface area contributed by atoms with Crippen molar-refractivity contribution in [1.82, 2.24) is 14.9 Å². The van der Waals surface area contributed by atoms with Gasteiger partial charge >= 0.3 is 0 Å². The summed E-state index contributed by atoms with van der Waals surface area (Å²) in [6, 6.07) is 7.56. The van der Waals surface area contributed by atoms with E-state index in [9.17, 15) is 9.90 Å². The second-order valence-corrected chi connectivity index (χ2v) is 5.32. The zero-order valence-electron chi connectivity index (χ0n) is 11.3. The van der Waals surface area contributed by atoms with Crippen molar-refractivity contribution in [3.63, 3.8) is 0 Å². The third-order valence-electron chi connectivity index (χ3n) is 3.96. The topological polar surface area (TPSA) is 67.2 Å². The molecule has 1 aromatic heterocycles. The van der Waals surface area contributed by atoms with E-state index < -0.39 is 0 Å². The SMILES string of the molecule is O=c1c2ccccc2ncn1CCCC1NCC[C@@H]1O. The summed E-state index contributed by atoms with van der Waals surface area (Å²) in [7, 11) is 0. The van der Waals surface area contributed by atoms with E-state index in [0.717, 1.165) is 31.3 Å². The fraction of sp³-hybridized carbons (Fsp3) is 0.467. The van der Waals surface area contributed by atoms with Gasteiger partial charge < -0.3 is 10.4 Å². The van der Waals surface area contributed by atoms with Gasteiger partial charge in [0.15, 0.2) is 0 Å². The molecule has 2 aromatic rings. The quantitative estimate of drug-likeness (QED) is 0.868. The minimum absolute atomic E-state index is 0.00975. The normalized spacial score (nSPS) is 22.4. The number of para-hydroxylation sites is 1. The highest BCUT2D eigenvalue weighted by Crippen LogP contribution is 2.12. The molecule has 5 nitrogen and oxygen atoms in total. The van der Waals surface area contributed by atoms with Crippen LogP contribution in [0.5, 0.6) is 0 Å². The lowest BCUT2D eigenvalue weighted by Gasteiger charge is -2.14. The molecule has 0 saturated carbocycles. The van der Waals surface area contributed by atoms with Crippen LogP contribution in [0.4, 0.5) is 0 Å². The lowest BCUT2D eigenvalue weighted by molar-refractivity contribution is 0.153. The zero-order valence-corrected chi connectivity index (χ0v) is 11.3. The summed E-state index contributed by atoms with van der Waals surface area (Å²) in [6.45, 7) is 1.52. The molecule has 5 heteroatoms. The maximum atomic E-state index is 12.3. The Morgan fingerprint density at radius 2 is 2.25 bits per heavy atom. The van der Waals surface area contributed by atoms with E-state index >= 15 is 0 Å². The summed E-state index contributed by atoms with van der Waals surface area (Å²) in [4.78, 5) is 16.6. The molecule has 1 unspecified atom stereocenters. The number of benzene rings is 1. The first kappa shape index (κ1) is 13.3. The Hall–Kier alpha value is -1.72. The van der Waals surface area contributed by atoms with Crippen LogP contribution in [0.1, 0.15) is 19.3 Å². The second kappa shape index (κ2) is 5.73. The molecule has 1 fully saturated rings. The molecule has 106 valence electrons. The monoisotopic (exact) mass is 273 g/mol. The van der Waals surface area contributed by atoms with Crippen LogP contribution in [0.25, 0.3) is 10.9 Å². The lowest BCUT2D eigenvalue weighted by atomic mass is 10.1. The van der Waals surface area contributed by atoms with Gasteiger partial charge in [-0.1, -0.05) is 12.1 Å². The molecule has 1 aromatic carbocycles. The molecule has 0 radical (unpaired) electrons. The Morgan fingerprint density at radius 1 is 1.40 bits per heavy atom. The van der Waals surface area contributed by atoms with Gasteiger partial charge in [0, 0.05) is 12.6 Å². The van der Waals surface area contributed by atoms with Crippen LogP contribution in [0.3, 0.4) is 0 Å². The molecule has 1 saturated heterocycles. The Bertz CT molecular complexity index is 653. The second-order valence-electron chi connectivity index (χ2n) is 5.32. The zero-order chi connectivity index (χ0) is 13.9. The minimum Gasteiger partial charge on any atom is -0.391 e. The summed E-state index contributed by atoms with van der Waals surface area (Å²) in [6.07, 6.45) is 3.92. The van der Waals surface area contributed by atoms with Gasteiger partial charge in [-0.15, -0.1) is 0 Å². The molecule has 3 rings (SSSR count). The summed E-state index contributed by atoms with van der Waals surface area (Å²) in [5.41, 5.74) is 0.747. The molecular weight excluding hydrogens is 254 g/mol. The smallest absolute Gasteiger partial charge is 0.261 e. The van der Waals surface area contributed by atoms with Gasteiger partial charge in [-0.25, -0.2) is 4.98 Å². The van der Waals surface area contributed by atoms with Crippen molar-refractivity contribution in [2.24, 2.45) is 0 Å². The van der Waals surface area contributed by atoms with Gasteiger partial charge in [-0.2, -0.15) is 0 Å². The summed E-state index contributed by atoms with van der Waals surface area (Å²) >= 11 is 0. The molecule has 0 aliphatic carbocycles. The number of rotatable bonds is 4. The summed E-state index contributed by atoms with van der Waals surface area (Å²) < 4.78 is 1.66. The molecule has 0 spiro atoms. The third kappa shape index (κ3) is 2.59. The Balaban J connectivity index is 1.68. The van der Waals surface area contributed by atoms with Gasteiger partial charge in [0.1, 0.15) is 0 Å². The van der Waals surface area contributed by atoms with Crippen molar-refractivity contribution in [2.45, 2.75) is 38.0 Å².